The van der Waals surface area contributed by atoms with E-state index >= 15 is 0 Å². The second-order valence-electron chi connectivity index (χ2n) is 6.41. The van der Waals surface area contributed by atoms with Crippen molar-refractivity contribution < 1.29 is 14.3 Å². The molecule has 0 spiro atoms. The molecule has 0 radical (unpaired) electrons. The van der Waals surface area contributed by atoms with E-state index in [1.165, 1.54) is 16.2 Å². The van der Waals surface area contributed by atoms with Crippen molar-refractivity contribution in [2.45, 2.75) is 19.3 Å². The molecule has 1 aromatic heterocycles. The summed E-state index contributed by atoms with van der Waals surface area (Å²) in [6, 6.07) is 15.4. The van der Waals surface area contributed by atoms with E-state index < -0.39 is 0 Å². The van der Waals surface area contributed by atoms with Gasteiger partial charge in [-0.1, -0.05) is 48.6 Å². The third kappa shape index (κ3) is 2.76. The molecule has 5 nitrogen and oxygen atoms in total. The highest BCUT2D eigenvalue weighted by Gasteiger charge is 2.43. The van der Waals surface area contributed by atoms with Gasteiger partial charge in [0.25, 0.3) is 0 Å². The molecule has 4 rings (SSSR count). The molecular weight excluding hydrogens is 348 g/mol. The van der Waals surface area contributed by atoms with Crippen LogP contribution in [0.25, 0.3) is 10.2 Å². The van der Waals surface area contributed by atoms with Crippen molar-refractivity contribution in [3.05, 3.63) is 54.1 Å². The van der Waals surface area contributed by atoms with Gasteiger partial charge >= 0.3 is 0 Å². The third-order valence-corrected chi connectivity index (χ3v) is 5.91. The van der Waals surface area contributed by atoms with E-state index in [0.717, 1.165) is 15.8 Å². The zero-order chi connectivity index (χ0) is 18.3. The Kier molecular flexibility index (Phi) is 4.20. The van der Waals surface area contributed by atoms with Crippen molar-refractivity contribution in [1.29, 1.82) is 0 Å². The lowest BCUT2D eigenvalue weighted by molar-refractivity contribution is -0.122. The first kappa shape index (κ1) is 16.7. The Morgan fingerprint density at radius 3 is 2.69 bits per heavy atom. The average molecular weight is 366 g/mol. The van der Waals surface area contributed by atoms with Crippen LogP contribution in [0.4, 0.5) is 5.13 Å². The second-order valence-corrected chi connectivity index (χ2v) is 7.42. The van der Waals surface area contributed by atoms with Crippen molar-refractivity contribution in [2.75, 3.05) is 12.0 Å². The fraction of sp³-hybridized carbons (Fsp3) is 0.250. The Balaban J connectivity index is 1.65. The van der Waals surface area contributed by atoms with Gasteiger partial charge in [0.1, 0.15) is 5.75 Å². The predicted molar refractivity (Wildman–Crippen MR) is 102 cm³/mol. The first-order valence-electron chi connectivity index (χ1n) is 8.45. The van der Waals surface area contributed by atoms with Crippen LogP contribution in [0.3, 0.4) is 0 Å². The van der Waals surface area contributed by atoms with Crippen LogP contribution >= 0.6 is 11.3 Å². The Bertz CT molecular complexity index is 983. The molecule has 2 amide bonds. The average Bonchev–Trinajstić information content (AvgIpc) is 3.20. The zero-order valence-electron chi connectivity index (χ0n) is 14.5. The number of carbonyl (C=O) groups excluding carboxylic acids is 2. The molecule has 0 N–H and O–H groups in total. The summed E-state index contributed by atoms with van der Waals surface area (Å²) in [6.07, 6.45) is 0.216. The second kappa shape index (κ2) is 6.53. The number of anilines is 1. The largest absolute Gasteiger partial charge is 0.497 e. The smallest absolute Gasteiger partial charge is 0.239 e. The van der Waals surface area contributed by atoms with E-state index in [-0.39, 0.29) is 30.1 Å². The molecule has 1 aliphatic heterocycles. The van der Waals surface area contributed by atoms with Crippen LogP contribution in [0.1, 0.15) is 24.8 Å². The summed E-state index contributed by atoms with van der Waals surface area (Å²) in [5.41, 5.74) is 1.79. The number of nitrogens with zero attached hydrogens (tertiary/aromatic N) is 2. The summed E-state index contributed by atoms with van der Waals surface area (Å²) in [5.74, 6) is -0.0336. The van der Waals surface area contributed by atoms with Crippen LogP contribution in [-0.4, -0.2) is 23.9 Å². The van der Waals surface area contributed by atoms with Crippen LogP contribution in [0.15, 0.2) is 48.5 Å². The minimum absolute atomic E-state index is 0.0212. The van der Waals surface area contributed by atoms with E-state index in [4.69, 9.17) is 4.74 Å². The molecule has 1 aliphatic rings. The number of carbonyl (C=O) groups is 2. The molecule has 6 heteroatoms. The van der Waals surface area contributed by atoms with E-state index in [2.05, 4.69) is 4.98 Å². The van der Waals surface area contributed by atoms with Crippen LogP contribution < -0.4 is 9.64 Å². The van der Waals surface area contributed by atoms with Crippen molar-refractivity contribution in [1.82, 2.24) is 4.98 Å². The Morgan fingerprint density at radius 1 is 1.19 bits per heavy atom. The Morgan fingerprint density at radius 2 is 1.96 bits per heavy atom. The summed E-state index contributed by atoms with van der Waals surface area (Å²) in [5, 5.41) is 0.436. The number of thiazole rings is 1. The van der Waals surface area contributed by atoms with Gasteiger partial charge in [0.05, 0.1) is 23.2 Å². The van der Waals surface area contributed by atoms with Gasteiger partial charge in [-0.05, 0) is 23.6 Å². The maximum atomic E-state index is 13.0. The maximum absolute atomic E-state index is 13.0. The Hall–Kier alpha value is -2.73. The van der Waals surface area contributed by atoms with Crippen LogP contribution in [-0.2, 0) is 9.59 Å². The first-order chi connectivity index (χ1) is 12.6. The number of hydrogen-bond donors (Lipinski definition) is 0. The molecule has 1 fully saturated rings. The number of amides is 2. The highest BCUT2D eigenvalue weighted by molar-refractivity contribution is 7.22. The summed E-state index contributed by atoms with van der Waals surface area (Å²) in [6.45, 7) is 2.00. The highest BCUT2D eigenvalue weighted by atomic mass is 32.1. The number of benzene rings is 2. The maximum Gasteiger partial charge on any atom is 0.239 e. The molecule has 2 unspecified atom stereocenters. The molecule has 3 aromatic rings. The number of methoxy groups -OCH3 is 1. The predicted octanol–water partition coefficient (Wildman–Crippen LogP) is 3.99. The quantitative estimate of drug-likeness (QED) is 0.655. The van der Waals surface area contributed by atoms with E-state index in [1.807, 2.05) is 55.5 Å². The molecule has 2 heterocycles. The molecule has 0 bridgehead atoms. The van der Waals surface area contributed by atoms with Gasteiger partial charge in [0, 0.05) is 12.5 Å². The van der Waals surface area contributed by atoms with Gasteiger partial charge in [0.2, 0.25) is 11.8 Å². The monoisotopic (exact) mass is 366 g/mol. The topological polar surface area (TPSA) is 59.5 Å². The lowest BCUT2D eigenvalue weighted by Crippen LogP contribution is -2.31. The lowest BCUT2D eigenvalue weighted by atomic mass is 9.86. The number of ether oxygens (including phenoxy) is 1. The van der Waals surface area contributed by atoms with E-state index in [1.54, 1.807) is 7.11 Å². The number of fused-ring (bicyclic) bond motifs is 1. The SMILES string of the molecule is COc1ccc2sc(N3C(=O)CC(C(C)c4ccccc4)C3=O)nc2c1. The molecule has 0 saturated carbocycles. The van der Waals surface area contributed by atoms with Crippen molar-refractivity contribution >= 4 is 38.5 Å². The van der Waals surface area contributed by atoms with E-state index in [0.29, 0.717) is 10.9 Å². The molecule has 26 heavy (non-hydrogen) atoms. The summed E-state index contributed by atoms with van der Waals surface area (Å²) < 4.78 is 6.13. The van der Waals surface area contributed by atoms with Crippen molar-refractivity contribution in [3.8, 4) is 5.75 Å². The Labute approximate surface area is 155 Å². The third-order valence-electron chi connectivity index (χ3n) is 4.89. The van der Waals surface area contributed by atoms with Gasteiger partial charge in [-0.15, -0.1) is 0 Å². The number of aromatic nitrogens is 1. The van der Waals surface area contributed by atoms with Crippen LogP contribution in [0.5, 0.6) is 5.75 Å². The number of hydrogen-bond acceptors (Lipinski definition) is 5. The normalized spacial score (nSPS) is 18.5. The number of imide groups is 1. The molecule has 1 saturated heterocycles. The molecular formula is C20H18N2O3S. The minimum Gasteiger partial charge on any atom is -0.497 e. The summed E-state index contributed by atoms with van der Waals surface area (Å²) in [7, 11) is 1.59. The van der Waals surface area contributed by atoms with Crippen LogP contribution in [0, 0.1) is 5.92 Å². The van der Waals surface area contributed by atoms with Crippen molar-refractivity contribution in [3.63, 3.8) is 0 Å². The summed E-state index contributed by atoms with van der Waals surface area (Å²) >= 11 is 1.35. The molecule has 2 aromatic carbocycles. The van der Waals surface area contributed by atoms with Crippen LogP contribution in [0.2, 0.25) is 0 Å². The van der Waals surface area contributed by atoms with Gasteiger partial charge in [-0.2, -0.15) is 0 Å². The first-order valence-corrected chi connectivity index (χ1v) is 9.26. The fourth-order valence-electron chi connectivity index (χ4n) is 3.35. The zero-order valence-corrected chi connectivity index (χ0v) is 15.3. The van der Waals surface area contributed by atoms with E-state index in [9.17, 15) is 9.59 Å². The number of rotatable bonds is 4. The molecule has 2 atom stereocenters. The lowest BCUT2D eigenvalue weighted by Gasteiger charge is -2.18. The van der Waals surface area contributed by atoms with Gasteiger partial charge in [0.15, 0.2) is 5.13 Å². The van der Waals surface area contributed by atoms with Crippen molar-refractivity contribution in [2.24, 2.45) is 5.92 Å². The van der Waals surface area contributed by atoms with Gasteiger partial charge in [-0.25, -0.2) is 9.88 Å². The van der Waals surface area contributed by atoms with Gasteiger partial charge < -0.3 is 4.74 Å². The fourth-order valence-corrected chi connectivity index (χ4v) is 4.32. The summed E-state index contributed by atoms with van der Waals surface area (Å²) in [4.78, 5) is 31.3. The molecule has 0 aliphatic carbocycles. The van der Waals surface area contributed by atoms with Gasteiger partial charge in [-0.3, -0.25) is 9.59 Å². The minimum atomic E-state index is -0.355. The standard InChI is InChI=1S/C20H18N2O3S/c1-12(13-6-4-3-5-7-13)15-11-18(23)22(19(15)24)20-21-16-10-14(25-2)8-9-17(16)26-20/h3-10,12,15H,11H2,1-2H3. The molecule has 132 valence electrons. The highest BCUT2D eigenvalue weighted by Crippen LogP contribution is 2.39.